The fourth-order valence-corrected chi connectivity index (χ4v) is 17.6. The Bertz CT molecular complexity index is 2990. The largest absolute Gasteiger partial charge is 0.310 e. The van der Waals surface area contributed by atoms with Gasteiger partial charge in [-0.25, -0.2) is 0 Å². The van der Waals surface area contributed by atoms with Crippen LogP contribution in [-0.4, -0.2) is 0 Å². The third kappa shape index (κ3) is 4.74. The van der Waals surface area contributed by atoms with E-state index in [4.69, 9.17) is 0 Å². The summed E-state index contributed by atoms with van der Waals surface area (Å²) in [6.45, 7) is 0. The van der Waals surface area contributed by atoms with Crippen LogP contribution >= 0.6 is 0 Å². The Kier molecular flexibility index (Phi) is 7.48. The number of anilines is 3. The SMILES string of the molecule is c1ccc2c(c1)-c1ccc(N(c3ccc(-c4cccc5ccccc45)cc3)c3cccc4c3-c3ccccc3C43C4CCC5CC(C4)CC3C5)cc1C21C2CCC3CC(C2)CC1C3. The first-order valence-corrected chi connectivity index (χ1v) is 25.0. The Morgan fingerprint density at radius 1 is 0.365 bits per heavy atom. The molecule has 0 aliphatic heterocycles. The number of hydrogen-bond acceptors (Lipinski definition) is 1. The third-order valence-corrected chi connectivity index (χ3v) is 19.4. The minimum absolute atomic E-state index is 0.103. The van der Waals surface area contributed by atoms with Crippen LogP contribution in [0.15, 0.2) is 152 Å². The Morgan fingerprint density at radius 3 is 1.67 bits per heavy atom. The highest BCUT2D eigenvalue weighted by molar-refractivity contribution is 5.99. The van der Waals surface area contributed by atoms with Crippen molar-refractivity contribution in [2.75, 3.05) is 4.90 Å². The number of benzene rings is 7. The van der Waals surface area contributed by atoms with Gasteiger partial charge >= 0.3 is 0 Å². The lowest BCUT2D eigenvalue weighted by molar-refractivity contribution is 0.0618. The molecule has 10 atom stereocenters. The molecule has 0 amide bonds. The maximum absolute atomic E-state index is 2.74. The minimum atomic E-state index is 0.103. The quantitative estimate of drug-likeness (QED) is 0.171. The second kappa shape index (κ2) is 13.1. The van der Waals surface area contributed by atoms with Crippen molar-refractivity contribution in [3.8, 4) is 33.4 Å². The first kappa shape index (κ1) is 36.0. The highest BCUT2D eigenvalue weighted by atomic mass is 15.1. The zero-order valence-electron chi connectivity index (χ0n) is 36.5. The lowest BCUT2D eigenvalue weighted by atomic mass is 9.50. The van der Waals surface area contributed by atoms with Gasteiger partial charge in [-0.05, 0) is 203 Å². The maximum Gasteiger partial charge on any atom is 0.0543 e. The summed E-state index contributed by atoms with van der Waals surface area (Å²) >= 11 is 0. The molecule has 8 bridgehead atoms. The lowest BCUT2D eigenvalue weighted by Gasteiger charge is -2.53. The van der Waals surface area contributed by atoms with Gasteiger partial charge in [0.2, 0.25) is 0 Å². The number of nitrogens with zero attached hydrogens (tertiary/aromatic N) is 1. The van der Waals surface area contributed by atoms with Crippen molar-refractivity contribution in [3.05, 3.63) is 174 Å². The second-order valence-corrected chi connectivity index (χ2v) is 22.0. The topological polar surface area (TPSA) is 3.24 Å². The number of rotatable bonds is 4. The zero-order valence-corrected chi connectivity index (χ0v) is 36.5. The third-order valence-electron chi connectivity index (χ3n) is 19.4. The summed E-state index contributed by atoms with van der Waals surface area (Å²) < 4.78 is 0. The molecule has 63 heavy (non-hydrogen) atoms. The van der Waals surface area contributed by atoms with Crippen molar-refractivity contribution < 1.29 is 0 Å². The molecule has 0 N–H and O–H groups in total. The van der Waals surface area contributed by atoms with E-state index in [2.05, 4.69) is 157 Å². The van der Waals surface area contributed by atoms with Crippen molar-refractivity contribution in [2.45, 2.75) is 87.9 Å². The molecule has 8 fully saturated rings. The summed E-state index contributed by atoms with van der Waals surface area (Å²) in [6.07, 6.45) is 17.0. The normalized spacial score (nSPS) is 32.1. The highest BCUT2D eigenvalue weighted by Crippen LogP contribution is 2.70. The van der Waals surface area contributed by atoms with E-state index in [-0.39, 0.29) is 10.8 Å². The van der Waals surface area contributed by atoms with Gasteiger partial charge in [0, 0.05) is 27.8 Å². The molecule has 10 unspecified atom stereocenters. The van der Waals surface area contributed by atoms with Crippen LogP contribution in [0.25, 0.3) is 44.2 Å². The van der Waals surface area contributed by atoms with Crippen LogP contribution in [0.1, 0.15) is 99.3 Å². The summed E-state index contributed by atoms with van der Waals surface area (Å²) in [4.78, 5) is 2.71. The highest BCUT2D eigenvalue weighted by Gasteiger charge is 2.61. The maximum atomic E-state index is 2.74. The zero-order chi connectivity index (χ0) is 41.0. The molecule has 7 aromatic carbocycles. The fourth-order valence-electron chi connectivity index (χ4n) is 17.6. The van der Waals surface area contributed by atoms with Gasteiger partial charge in [-0.15, -0.1) is 0 Å². The van der Waals surface area contributed by atoms with Crippen molar-refractivity contribution in [3.63, 3.8) is 0 Å². The number of hydrogen-bond donors (Lipinski definition) is 0. The molecule has 1 heteroatoms. The molecule has 10 aliphatic carbocycles. The van der Waals surface area contributed by atoms with Gasteiger partial charge in [0.15, 0.2) is 0 Å². The van der Waals surface area contributed by atoms with E-state index in [0.717, 1.165) is 41.4 Å². The molecule has 0 saturated heterocycles. The van der Waals surface area contributed by atoms with Crippen molar-refractivity contribution in [1.29, 1.82) is 0 Å². The number of fused-ring (bicyclic) bond motifs is 9. The van der Waals surface area contributed by atoms with Crippen molar-refractivity contribution in [2.24, 2.45) is 47.3 Å². The molecule has 2 spiro atoms. The van der Waals surface area contributed by atoms with Crippen LogP contribution in [-0.2, 0) is 10.8 Å². The van der Waals surface area contributed by atoms with Crippen molar-refractivity contribution in [1.82, 2.24) is 0 Å². The van der Waals surface area contributed by atoms with E-state index in [1.54, 1.807) is 22.3 Å². The molecule has 0 radical (unpaired) electrons. The predicted octanol–water partition coefficient (Wildman–Crippen LogP) is 16.2. The first-order chi connectivity index (χ1) is 31.2. The Hall–Kier alpha value is -5.40. The van der Waals surface area contributed by atoms with Crippen LogP contribution in [0, 0.1) is 47.3 Å². The average Bonchev–Trinajstić information content (AvgIpc) is 3.56. The first-order valence-electron chi connectivity index (χ1n) is 25.0. The van der Waals surface area contributed by atoms with E-state index < -0.39 is 0 Å². The molecule has 1 nitrogen and oxygen atoms in total. The second-order valence-electron chi connectivity index (χ2n) is 22.0. The molecule has 0 aromatic heterocycles. The fraction of sp³-hybridized carbons (Fsp3) is 0.355. The molecule has 310 valence electrons. The van der Waals surface area contributed by atoms with E-state index in [1.165, 1.54) is 138 Å². The van der Waals surface area contributed by atoms with Gasteiger partial charge in [-0.1, -0.05) is 134 Å². The summed E-state index contributed by atoms with van der Waals surface area (Å²) in [7, 11) is 0. The lowest BCUT2D eigenvalue weighted by Crippen LogP contribution is -2.48. The molecular weight excluding hydrogens is 759 g/mol. The standard InChI is InChI=1S/C62H57N/c1-2-11-50-42(9-1)10-7-14-51(50)43-21-25-48(26-22-43)63(49-27-28-53-52-12-3-5-15-55(52)62(58(53)37-49)45-24-20-39-30-41(34-45)36-47(62)32-39)59-18-8-17-57-60(59)54-13-4-6-16-56(54)61(57)44-23-19-38-29-40(33-44)35-46(61)31-38/h1-18,21-22,25-28,37-41,44-47H,19-20,23-24,29-36H2. The average molecular weight is 816 g/mol. The van der Waals surface area contributed by atoms with Gasteiger partial charge in [0.05, 0.1) is 5.69 Å². The van der Waals surface area contributed by atoms with E-state index in [1.807, 2.05) is 0 Å². The van der Waals surface area contributed by atoms with Gasteiger partial charge in [0.1, 0.15) is 0 Å². The van der Waals surface area contributed by atoms with E-state index in [0.29, 0.717) is 5.92 Å². The molecule has 7 aromatic rings. The molecule has 17 rings (SSSR count). The molecule has 10 aliphatic rings. The summed E-state index contributed by atoms with van der Waals surface area (Å²) in [5.74, 6) is 6.54. The summed E-state index contributed by atoms with van der Waals surface area (Å²) in [5.41, 5.74) is 19.3. The Labute approximate surface area is 373 Å². The Morgan fingerprint density at radius 2 is 0.905 bits per heavy atom. The van der Waals surface area contributed by atoms with E-state index in [9.17, 15) is 0 Å². The molecule has 0 heterocycles. The molecule has 8 saturated carbocycles. The Balaban J connectivity index is 0.963. The van der Waals surface area contributed by atoms with E-state index >= 15 is 0 Å². The molecular formula is C62H57N. The monoisotopic (exact) mass is 815 g/mol. The van der Waals surface area contributed by atoms with Crippen LogP contribution in [0.5, 0.6) is 0 Å². The van der Waals surface area contributed by atoms with Gasteiger partial charge < -0.3 is 4.90 Å². The van der Waals surface area contributed by atoms with Crippen molar-refractivity contribution >= 4 is 27.8 Å². The summed E-state index contributed by atoms with van der Waals surface area (Å²) in [5, 5.41) is 2.61. The summed E-state index contributed by atoms with van der Waals surface area (Å²) in [6, 6.07) is 60.0. The van der Waals surface area contributed by atoms with Crippen LogP contribution in [0.3, 0.4) is 0 Å². The van der Waals surface area contributed by atoms with Crippen LogP contribution in [0.2, 0.25) is 0 Å². The smallest absolute Gasteiger partial charge is 0.0543 e. The predicted molar refractivity (Wildman–Crippen MR) is 260 cm³/mol. The van der Waals surface area contributed by atoms with Crippen LogP contribution in [0.4, 0.5) is 17.1 Å². The minimum Gasteiger partial charge on any atom is -0.310 e. The van der Waals surface area contributed by atoms with Gasteiger partial charge in [0.25, 0.3) is 0 Å². The van der Waals surface area contributed by atoms with Gasteiger partial charge in [-0.3, -0.25) is 0 Å². The van der Waals surface area contributed by atoms with Gasteiger partial charge in [-0.2, -0.15) is 0 Å². The van der Waals surface area contributed by atoms with Crippen LogP contribution < -0.4 is 4.90 Å².